The number of halogens is 1. The van der Waals surface area contributed by atoms with Crippen LogP contribution in [0.5, 0.6) is 0 Å². The van der Waals surface area contributed by atoms with Crippen LogP contribution in [0.2, 0.25) is 5.22 Å². The molecule has 0 radical (unpaired) electrons. The van der Waals surface area contributed by atoms with Crippen molar-refractivity contribution in [2.45, 2.75) is 19.3 Å². The Hall–Kier alpha value is -0.960. The lowest BCUT2D eigenvalue weighted by atomic mass is 10.0. The van der Waals surface area contributed by atoms with E-state index in [1.54, 1.807) is 19.1 Å². The van der Waals surface area contributed by atoms with E-state index in [0.29, 0.717) is 12.2 Å². The normalized spacial score (nSPS) is 12.8. The minimum Gasteiger partial charge on any atom is -0.481 e. The zero-order chi connectivity index (χ0) is 9.14. The number of hydrogen-bond donors (Lipinski definition) is 1. The highest BCUT2D eigenvalue weighted by Gasteiger charge is 2.20. The van der Waals surface area contributed by atoms with Gasteiger partial charge in [0.2, 0.25) is 0 Å². The number of carbonyl (C=O) groups is 1. The summed E-state index contributed by atoms with van der Waals surface area (Å²) in [5, 5.41) is 8.96. The maximum absolute atomic E-state index is 10.6. The molecule has 1 unspecified atom stereocenters. The van der Waals surface area contributed by atoms with E-state index >= 15 is 0 Å². The number of rotatable bonds is 3. The highest BCUT2D eigenvalue weighted by atomic mass is 35.5. The molecule has 1 aromatic heterocycles. The highest BCUT2D eigenvalue weighted by molar-refractivity contribution is 6.28. The van der Waals surface area contributed by atoms with Gasteiger partial charge in [-0.1, -0.05) is 6.92 Å². The second-order valence-corrected chi connectivity index (χ2v) is 2.81. The molecule has 0 spiro atoms. The van der Waals surface area contributed by atoms with E-state index in [9.17, 15) is 4.79 Å². The molecule has 1 heterocycles. The van der Waals surface area contributed by atoms with Gasteiger partial charge in [-0.25, -0.2) is 0 Å². The molecule has 12 heavy (non-hydrogen) atoms. The summed E-state index contributed by atoms with van der Waals surface area (Å²) in [4.78, 5) is 10.6. The Balaban J connectivity index is 2.87. The first-order valence-electron chi connectivity index (χ1n) is 3.63. The van der Waals surface area contributed by atoms with Crippen LogP contribution in [0, 0.1) is 0 Å². The van der Waals surface area contributed by atoms with Crippen LogP contribution in [-0.2, 0) is 4.79 Å². The van der Waals surface area contributed by atoms with E-state index in [0.717, 1.165) is 0 Å². The molecule has 0 bridgehead atoms. The van der Waals surface area contributed by atoms with Gasteiger partial charge in [0.15, 0.2) is 5.22 Å². The minimum atomic E-state index is -0.886. The minimum absolute atomic E-state index is 0.227. The molecule has 4 heteroatoms. The number of hydrogen-bond acceptors (Lipinski definition) is 2. The van der Waals surface area contributed by atoms with Gasteiger partial charge < -0.3 is 9.52 Å². The molecule has 0 aliphatic carbocycles. The van der Waals surface area contributed by atoms with E-state index in [-0.39, 0.29) is 5.22 Å². The lowest BCUT2D eigenvalue weighted by Gasteiger charge is -2.04. The summed E-state index contributed by atoms with van der Waals surface area (Å²) in [5.74, 6) is -1.06. The molecule has 0 fully saturated rings. The molecule has 0 amide bonds. The Morgan fingerprint density at radius 2 is 2.42 bits per heavy atom. The predicted molar refractivity (Wildman–Crippen MR) is 44.4 cm³/mol. The lowest BCUT2D eigenvalue weighted by Crippen LogP contribution is -2.09. The van der Waals surface area contributed by atoms with Crippen LogP contribution in [0.4, 0.5) is 0 Å². The van der Waals surface area contributed by atoms with Crippen LogP contribution in [-0.4, -0.2) is 11.1 Å². The third-order valence-corrected chi connectivity index (χ3v) is 1.85. The van der Waals surface area contributed by atoms with E-state index < -0.39 is 11.9 Å². The molecular weight excluding hydrogens is 180 g/mol. The molecule has 66 valence electrons. The molecule has 0 aliphatic heterocycles. The lowest BCUT2D eigenvalue weighted by molar-refractivity contribution is -0.139. The molecule has 0 aromatic carbocycles. The van der Waals surface area contributed by atoms with Gasteiger partial charge in [-0.2, -0.15) is 0 Å². The van der Waals surface area contributed by atoms with Gasteiger partial charge in [-0.05, 0) is 30.2 Å². The average molecular weight is 189 g/mol. The van der Waals surface area contributed by atoms with Crippen molar-refractivity contribution in [2.24, 2.45) is 0 Å². The molecule has 0 saturated heterocycles. The Kier molecular flexibility index (Phi) is 2.76. The van der Waals surface area contributed by atoms with Crippen LogP contribution in [0.3, 0.4) is 0 Å². The topological polar surface area (TPSA) is 50.4 Å². The van der Waals surface area contributed by atoms with Crippen LogP contribution in [0.1, 0.15) is 25.0 Å². The van der Waals surface area contributed by atoms with Crippen molar-refractivity contribution in [1.82, 2.24) is 0 Å². The zero-order valence-electron chi connectivity index (χ0n) is 6.58. The van der Waals surface area contributed by atoms with Crippen LogP contribution < -0.4 is 0 Å². The summed E-state index contributed by atoms with van der Waals surface area (Å²) in [6.45, 7) is 1.79. The first kappa shape index (κ1) is 9.13. The number of furan rings is 1. The SMILES string of the molecule is CCC(C(=O)O)c1ccc(Cl)o1. The maximum atomic E-state index is 10.6. The fourth-order valence-electron chi connectivity index (χ4n) is 1.01. The fourth-order valence-corrected chi connectivity index (χ4v) is 1.17. The molecular formula is C8H9ClO3. The Bertz CT molecular complexity index is 280. The molecule has 1 rings (SSSR count). The van der Waals surface area contributed by atoms with E-state index in [1.807, 2.05) is 0 Å². The summed E-state index contributed by atoms with van der Waals surface area (Å²) in [7, 11) is 0. The average Bonchev–Trinajstić information content (AvgIpc) is 2.37. The number of aliphatic carboxylic acids is 1. The molecule has 0 saturated carbocycles. The summed E-state index contributed by atoms with van der Waals surface area (Å²) < 4.78 is 4.98. The molecule has 1 atom stereocenters. The van der Waals surface area contributed by atoms with Gasteiger partial charge in [0.25, 0.3) is 0 Å². The Morgan fingerprint density at radius 1 is 1.75 bits per heavy atom. The van der Waals surface area contributed by atoms with Crippen molar-refractivity contribution in [1.29, 1.82) is 0 Å². The van der Waals surface area contributed by atoms with Crippen molar-refractivity contribution in [2.75, 3.05) is 0 Å². The second kappa shape index (κ2) is 3.63. The first-order valence-corrected chi connectivity index (χ1v) is 4.01. The van der Waals surface area contributed by atoms with Gasteiger partial charge in [-0.3, -0.25) is 4.79 Å². The van der Waals surface area contributed by atoms with E-state index in [1.165, 1.54) is 0 Å². The van der Waals surface area contributed by atoms with E-state index in [4.69, 9.17) is 21.1 Å². The molecule has 3 nitrogen and oxygen atoms in total. The maximum Gasteiger partial charge on any atom is 0.314 e. The van der Waals surface area contributed by atoms with Crippen LogP contribution in [0.25, 0.3) is 0 Å². The third kappa shape index (κ3) is 1.80. The van der Waals surface area contributed by atoms with Gasteiger partial charge in [0.05, 0.1) is 0 Å². The zero-order valence-corrected chi connectivity index (χ0v) is 7.34. The van der Waals surface area contributed by atoms with Gasteiger partial charge in [0, 0.05) is 0 Å². The summed E-state index contributed by atoms with van der Waals surface area (Å²) >= 11 is 5.51. The molecule has 1 aromatic rings. The number of carboxylic acid groups (broad SMARTS) is 1. The number of carboxylic acids is 1. The summed E-state index contributed by atoms with van der Waals surface area (Å²) in [6.07, 6.45) is 0.499. The van der Waals surface area contributed by atoms with Crippen molar-refractivity contribution in [3.05, 3.63) is 23.1 Å². The molecule has 0 aliphatic rings. The fraction of sp³-hybridized carbons (Fsp3) is 0.375. The predicted octanol–water partition coefficient (Wildman–Crippen LogP) is 2.51. The highest BCUT2D eigenvalue weighted by Crippen LogP contribution is 2.24. The van der Waals surface area contributed by atoms with E-state index in [2.05, 4.69) is 0 Å². The van der Waals surface area contributed by atoms with Crippen LogP contribution in [0.15, 0.2) is 16.5 Å². The quantitative estimate of drug-likeness (QED) is 0.793. The smallest absolute Gasteiger partial charge is 0.314 e. The van der Waals surface area contributed by atoms with Crippen molar-refractivity contribution >= 4 is 17.6 Å². The van der Waals surface area contributed by atoms with Crippen LogP contribution >= 0.6 is 11.6 Å². The largest absolute Gasteiger partial charge is 0.481 e. The Labute approximate surface area is 74.9 Å². The van der Waals surface area contributed by atoms with Gasteiger partial charge in [-0.15, -0.1) is 0 Å². The summed E-state index contributed by atoms with van der Waals surface area (Å²) in [5.41, 5.74) is 0. The molecule has 1 N–H and O–H groups in total. The standard InChI is InChI=1S/C8H9ClO3/c1-2-5(8(10)11)6-3-4-7(9)12-6/h3-5H,2H2,1H3,(H,10,11). The van der Waals surface area contributed by atoms with Crippen molar-refractivity contribution in [3.8, 4) is 0 Å². The summed E-state index contributed by atoms with van der Waals surface area (Å²) in [6, 6.07) is 3.13. The third-order valence-electron chi connectivity index (χ3n) is 1.64. The van der Waals surface area contributed by atoms with Crippen molar-refractivity contribution < 1.29 is 14.3 Å². The second-order valence-electron chi connectivity index (χ2n) is 2.44. The monoisotopic (exact) mass is 188 g/mol. The first-order chi connectivity index (χ1) is 5.65. The van der Waals surface area contributed by atoms with Crippen molar-refractivity contribution in [3.63, 3.8) is 0 Å². The van der Waals surface area contributed by atoms with Gasteiger partial charge >= 0.3 is 5.97 Å². The van der Waals surface area contributed by atoms with Gasteiger partial charge in [0.1, 0.15) is 11.7 Å². The Morgan fingerprint density at radius 3 is 2.75 bits per heavy atom.